The van der Waals surface area contributed by atoms with E-state index in [0.29, 0.717) is 25.7 Å². The number of ether oxygens (including phenoxy) is 2. The van der Waals surface area contributed by atoms with Gasteiger partial charge in [0.2, 0.25) is 0 Å². The van der Waals surface area contributed by atoms with E-state index in [2.05, 4.69) is 5.32 Å². The average Bonchev–Trinajstić information content (AvgIpc) is 3.21. The fraction of sp³-hybridized carbons (Fsp3) is 0.875. The summed E-state index contributed by atoms with van der Waals surface area (Å²) >= 11 is 0. The van der Waals surface area contributed by atoms with Crippen molar-refractivity contribution in [2.75, 3.05) is 19.7 Å². The minimum atomic E-state index is -0.528. The lowest BCUT2D eigenvalue weighted by Gasteiger charge is -2.38. The molecule has 1 N–H and O–H groups in total. The fourth-order valence-electron chi connectivity index (χ4n) is 2.68. The summed E-state index contributed by atoms with van der Waals surface area (Å²) in [5.74, 6) is -0.546. The summed E-state index contributed by atoms with van der Waals surface area (Å²) in [6.45, 7) is 8.65. The SMILES string of the molecule is CCOC(=O)[C@H]1CN(C(=O)OC(C)(C)C)CC[C@H]1NC1CC1. The monoisotopic (exact) mass is 312 g/mol. The number of esters is 1. The second-order valence-corrected chi connectivity index (χ2v) is 7.12. The second kappa shape index (κ2) is 6.86. The van der Waals surface area contributed by atoms with Gasteiger partial charge in [-0.25, -0.2) is 4.79 Å². The van der Waals surface area contributed by atoms with Crippen molar-refractivity contribution in [1.29, 1.82) is 0 Å². The first-order valence-corrected chi connectivity index (χ1v) is 8.20. The van der Waals surface area contributed by atoms with Crippen molar-refractivity contribution in [2.24, 2.45) is 5.92 Å². The van der Waals surface area contributed by atoms with Crippen LogP contribution in [0.3, 0.4) is 0 Å². The molecule has 1 amide bonds. The van der Waals surface area contributed by atoms with E-state index in [1.807, 2.05) is 20.8 Å². The van der Waals surface area contributed by atoms with E-state index in [0.717, 1.165) is 6.42 Å². The van der Waals surface area contributed by atoms with Crippen LogP contribution in [0.25, 0.3) is 0 Å². The molecule has 1 heterocycles. The first-order valence-electron chi connectivity index (χ1n) is 8.20. The van der Waals surface area contributed by atoms with Crippen molar-refractivity contribution >= 4 is 12.1 Å². The van der Waals surface area contributed by atoms with E-state index >= 15 is 0 Å². The number of amides is 1. The molecule has 1 aliphatic carbocycles. The molecule has 6 heteroatoms. The molecule has 2 atom stereocenters. The first-order chi connectivity index (χ1) is 10.3. The van der Waals surface area contributed by atoms with Gasteiger partial charge in [-0.05, 0) is 47.0 Å². The van der Waals surface area contributed by atoms with E-state index in [1.165, 1.54) is 12.8 Å². The van der Waals surface area contributed by atoms with Crippen LogP contribution in [0.2, 0.25) is 0 Å². The third kappa shape index (κ3) is 4.87. The van der Waals surface area contributed by atoms with Crippen molar-refractivity contribution in [3.8, 4) is 0 Å². The number of likely N-dealkylation sites (tertiary alicyclic amines) is 1. The molecule has 2 aliphatic rings. The van der Waals surface area contributed by atoms with Crippen LogP contribution in [0.4, 0.5) is 4.79 Å². The van der Waals surface area contributed by atoms with Crippen LogP contribution >= 0.6 is 0 Å². The van der Waals surface area contributed by atoms with Crippen LogP contribution in [-0.2, 0) is 14.3 Å². The van der Waals surface area contributed by atoms with E-state index in [4.69, 9.17) is 9.47 Å². The maximum atomic E-state index is 12.2. The van der Waals surface area contributed by atoms with Crippen molar-refractivity contribution < 1.29 is 19.1 Å². The molecular formula is C16H28N2O4. The number of carbonyl (C=O) groups excluding carboxylic acids is 2. The number of nitrogens with one attached hydrogen (secondary N) is 1. The lowest BCUT2D eigenvalue weighted by Crippen LogP contribution is -2.55. The lowest BCUT2D eigenvalue weighted by molar-refractivity contribution is -0.150. The standard InChI is InChI=1S/C16H28N2O4/c1-5-21-14(19)12-10-18(15(20)22-16(2,3)4)9-8-13(12)17-11-6-7-11/h11-13,17H,5-10H2,1-4H3/t12-,13+/m0/s1. The highest BCUT2D eigenvalue weighted by Crippen LogP contribution is 2.26. The molecule has 2 fully saturated rings. The number of nitrogens with zero attached hydrogens (tertiary/aromatic N) is 1. The third-order valence-electron chi connectivity index (χ3n) is 3.88. The van der Waals surface area contributed by atoms with Crippen LogP contribution < -0.4 is 5.32 Å². The maximum Gasteiger partial charge on any atom is 0.410 e. The van der Waals surface area contributed by atoms with Gasteiger partial charge in [0.15, 0.2) is 0 Å². The van der Waals surface area contributed by atoms with Gasteiger partial charge in [-0.1, -0.05) is 0 Å². The Morgan fingerprint density at radius 1 is 1.23 bits per heavy atom. The van der Waals surface area contributed by atoms with Gasteiger partial charge in [0.05, 0.1) is 12.5 Å². The zero-order valence-electron chi connectivity index (χ0n) is 14.1. The summed E-state index contributed by atoms with van der Waals surface area (Å²) in [6.07, 6.45) is 2.73. The number of rotatable bonds is 4. The maximum absolute atomic E-state index is 12.2. The molecule has 0 aromatic heterocycles. The Labute approximate surface area is 132 Å². The van der Waals surface area contributed by atoms with Gasteiger partial charge in [-0.2, -0.15) is 0 Å². The Kier molecular flexibility index (Phi) is 5.32. The van der Waals surface area contributed by atoms with E-state index in [-0.39, 0.29) is 24.0 Å². The van der Waals surface area contributed by atoms with Crippen LogP contribution in [0.1, 0.15) is 47.0 Å². The summed E-state index contributed by atoms with van der Waals surface area (Å²) in [4.78, 5) is 26.1. The molecule has 6 nitrogen and oxygen atoms in total. The highest BCUT2D eigenvalue weighted by molar-refractivity contribution is 5.75. The Hall–Kier alpha value is -1.30. The van der Waals surface area contributed by atoms with Crippen molar-refractivity contribution in [3.63, 3.8) is 0 Å². The quantitative estimate of drug-likeness (QED) is 0.803. The molecule has 126 valence electrons. The van der Waals surface area contributed by atoms with Crippen molar-refractivity contribution in [1.82, 2.24) is 10.2 Å². The normalized spacial score (nSPS) is 25.7. The predicted molar refractivity (Wildman–Crippen MR) is 82.5 cm³/mol. The van der Waals surface area contributed by atoms with Gasteiger partial charge in [-0.15, -0.1) is 0 Å². The predicted octanol–water partition coefficient (Wildman–Crippen LogP) is 1.93. The number of piperidine rings is 1. The van der Waals surface area contributed by atoms with Gasteiger partial charge in [-0.3, -0.25) is 4.79 Å². The Morgan fingerprint density at radius 2 is 1.91 bits per heavy atom. The molecule has 22 heavy (non-hydrogen) atoms. The average molecular weight is 312 g/mol. The molecule has 1 aliphatic heterocycles. The highest BCUT2D eigenvalue weighted by Gasteiger charge is 2.40. The lowest BCUT2D eigenvalue weighted by atomic mass is 9.92. The molecule has 0 aromatic carbocycles. The van der Waals surface area contributed by atoms with Crippen LogP contribution in [-0.4, -0.2) is 54.3 Å². The minimum Gasteiger partial charge on any atom is -0.466 e. The Bertz CT molecular complexity index is 415. The fourth-order valence-corrected chi connectivity index (χ4v) is 2.68. The van der Waals surface area contributed by atoms with Crippen LogP contribution in [0.5, 0.6) is 0 Å². The molecule has 0 spiro atoms. The minimum absolute atomic E-state index is 0.0882. The van der Waals surface area contributed by atoms with E-state index in [1.54, 1.807) is 11.8 Å². The summed E-state index contributed by atoms with van der Waals surface area (Å²) in [6, 6.07) is 0.611. The summed E-state index contributed by atoms with van der Waals surface area (Å²) in [7, 11) is 0. The molecule has 0 unspecified atom stereocenters. The number of hydrogen-bond donors (Lipinski definition) is 1. The molecular weight excluding hydrogens is 284 g/mol. The second-order valence-electron chi connectivity index (χ2n) is 7.12. The summed E-state index contributed by atoms with van der Waals surface area (Å²) in [5, 5.41) is 3.51. The Balaban J connectivity index is 1.99. The largest absolute Gasteiger partial charge is 0.466 e. The van der Waals surface area contributed by atoms with E-state index < -0.39 is 5.60 Å². The van der Waals surface area contributed by atoms with Gasteiger partial charge >= 0.3 is 12.1 Å². The molecule has 1 saturated carbocycles. The van der Waals surface area contributed by atoms with Gasteiger partial charge in [0.25, 0.3) is 0 Å². The Morgan fingerprint density at radius 3 is 2.45 bits per heavy atom. The zero-order valence-corrected chi connectivity index (χ0v) is 14.1. The van der Waals surface area contributed by atoms with Crippen molar-refractivity contribution in [2.45, 2.75) is 64.6 Å². The molecule has 0 aromatic rings. The van der Waals surface area contributed by atoms with E-state index in [9.17, 15) is 9.59 Å². The first kappa shape index (κ1) is 17.1. The van der Waals surface area contributed by atoms with Crippen molar-refractivity contribution in [3.05, 3.63) is 0 Å². The van der Waals surface area contributed by atoms with Crippen LogP contribution in [0, 0.1) is 5.92 Å². The number of carbonyl (C=O) groups is 2. The van der Waals surface area contributed by atoms with Gasteiger partial charge in [0.1, 0.15) is 5.60 Å². The highest BCUT2D eigenvalue weighted by atomic mass is 16.6. The topological polar surface area (TPSA) is 67.9 Å². The molecule has 2 rings (SSSR count). The zero-order chi connectivity index (χ0) is 16.3. The van der Waals surface area contributed by atoms with Gasteiger partial charge in [0, 0.05) is 25.2 Å². The molecule has 0 radical (unpaired) electrons. The third-order valence-corrected chi connectivity index (χ3v) is 3.88. The smallest absolute Gasteiger partial charge is 0.410 e. The van der Waals surface area contributed by atoms with Crippen LogP contribution in [0.15, 0.2) is 0 Å². The summed E-state index contributed by atoms with van der Waals surface area (Å²) < 4.78 is 10.6. The number of hydrogen-bond acceptors (Lipinski definition) is 5. The molecule has 1 saturated heterocycles. The van der Waals surface area contributed by atoms with Gasteiger partial charge < -0.3 is 19.7 Å². The summed E-state index contributed by atoms with van der Waals surface area (Å²) in [5.41, 5.74) is -0.528. The molecule has 0 bridgehead atoms.